The zero-order chi connectivity index (χ0) is 20.7. The van der Waals surface area contributed by atoms with Crippen molar-refractivity contribution in [3.05, 3.63) is 65.7 Å². The third kappa shape index (κ3) is 6.86. The molecule has 0 saturated heterocycles. The lowest BCUT2D eigenvalue weighted by atomic mass is 10.1. The van der Waals surface area contributed by atoms with E-state index in [9.17, 15) is 18.0 Å². The largest absolute Gasteiger partial charge is 0.451 e. The summed E-state index contributed by atoms with van der Waals surface area (Å²) in [5.74, 6) is -0.998. The summed E-state index contributed by atoms with van der Waals surface area (Å²) in [6.45, 7) is 1.49. The molecule has 0 aliphatic carbocycles. The van der Waals surface area contributed by atoms with E-state index in [2.05, 4.69) is 4.72 Å². The maximum atomic E-state index is 12.4. The van der Waals surface area contributed by atoms with Crippen molar-refractivity contribution < 1.29 is 22.7 Å². The Balaban J connectivity index is 1.95. The van der Waals surface area contributed by atoms with Gasteiger partial charge in [0.05, 0.1) is 6.26 Å². The molecule has 0 aliphatic rings. The minimum atomic E-state index is -3.39. The molecule has 148 valence electrons. The van der Waals surface area contributed by atoms with Crippen LogP contribution in [0.3, 0.4) is 0 Å². The second kappa shape index (κ2) is 9.57. The Bertz CT molecular complexity index is 965. The van der Waals surface area contributed by atoms with Crippen molar-refractivity contribution in [3.63, 3.8) is 0 Å². The van der Waals surface area contributed by atoms with Gasteiger partial charge in [0.15, 0.2) is 6.10 Å². The van der Waals surface area contributed by atoms with Crippen LogP contribution in [0.25, 0.3) is 6.08 Å². The smallest absolute Gasteiger partial charge is 0.331 e. The van der Waals surface area contributed by atoms with Crippen molar-refractivity contribution in [2.24, 2.45) is 0 Å². The van der Waals surface area contributed by atoms with E-state index in [0.29, 0.717) is 11.3 Å². The number of benzene rings is 2. The molecule has 0 unspecified atom stereocenters. The molecule has 2 aromatic carbocycles. The number of ketones is 1. The summed E-state index contributed by atoms with van der Waals surface area (Å²) in [7, 11) is -3.39. The number of ether oxygens (including phenoxy) is 1. The first-order chi connectivity index (χ1) is 13.2. The molecule has 0 bridgehead atoms. The standard InChI is InChI=1S/C20H21NO5S2/c1-14(20(23)16-7-9-17(10-8-16)21-28(3,24)25)26-19(22)13-6-15-4-11-18(27-2)12-5-15/h4-14,21H,1-3H3/b13-6+/t14-/m1/s1. The van der Waals surface area contributed by atoms with Crippen molar-refractivity contribution >= 4 is 45.3 Å². The number of thioether (sulfide) groups is 1. The molecule has 2 aromatic rings. The average molecular weight is 420 g/mol. The van der Waals surface area contributed by atoms with Crippen molar-refractivity contribution in [1.29, 1.82) is 0 Å². The van der Waals surface area contributed by atoms with Crippen LogP contribution in [0.1, 0.15) is 22.8 Å². The van der Waals surface area contributed by atoms with Gasteiger partial charge in [-0.1, -0.05) is 12.1 Å². The topological polar surface area (TPSA) is 89.5 Å². The Kier molecular flexibility index (Phi) is 7.42. The van der Waals surface area contributed by atoms with E-state index in [1.807, 2.05) is 30.5 Å². The maximum Gasteiger partial charge on any atom is 0.331 e. The minimum absolute atomic E-state index is 0.316. The molecular formula is C20H21NO5S2. The van der Waals surface area contributed by atoms with E-state index >= 15 is 0 Å². The fraction of sp³-hybridized carbons (Fsp3) is 0.200. The van der Waals surface area contributed by atoms with E-state index in [1.54, 1.807) is 17.8 Å². The van der Waals surface area contributed by atoms with Gasteiger partial charge in [-0.25, -0.2) is 13.2 Å². The third-order valence-electron chi connectivity index (χ3n) is 3.66. The Morgan fingerprint density at radius 2 is 1.68 bits per heavy atom. The number of carbonyl (C=O) groups is 2. The molecule has 1 atom stereocenters. The number of Topliss-reactive ketones (excluding diaryl/α,β-unsaturated/α-hetero) is 1. The normalized spacial score (nSPS) is 12.5. The van der Waals surface area contributed by atoms with Crippen LogP contribution in [-0.2, 0) is 19.6 Å². The molecule has 8 heteroatoms. The van der Waals surface area contributed by atoms with Gasteiger partial charge < -0.3 is 4.74 Å². The average Bonchev–Trinajstić information content (AvgIpc) is 2.65. The summed E-state index contributed by atoms with van der Waals surface area (Å²) in [6.07, 6.45) is 4.95. The minimum Gasteiger partial charge on any atom is -0.451 e. The van der Waals surface area contributed by atoms with Crippen molar-refractivity contribution in [3.8, 4) is 0 Å². The van der Waals surface area contributed by atoms with E-state index in [0.717, 1.165) is 16.7 Å². The third-order valence-corrected chi connectivity index (χ3v) is 5.01. The molecule has 0 saturated carbocycles. The van der Waals surface area contributed by atoms with Crippen molar-refractivity contribution in [2.75, 3.05) is 17.2 Å². The highest BCUT2D eigenvalue weighted by atomic mass is 32.2. The Morgan fingerprint density at radius 3 is 2.21 bits per heavy atom. The van der Waals surface area contributed by atoms with E-state index in [1.165, 1.54) is 37.3 Å². The second-order valence-corrected chi connectivity index (χ2v) is 8.63. The lowest BCUT2D eigenvalue weighted by molar-refractivity contribution is -0.140. The summed E-state index contributed by atoms with van der Waals surface area (Å²) in [5, 5.41) is 0. The first kappa shape index (κ1) is 21.7. The number of sulfonamides is 1. The van der Waals surface area contributed by atoms with Crippen LogP contribution in [-0.4, -0.2) is 38.8 Å². The highest BCUT2D eigenvalue weighted by Crippen LogP contribution is 2.16. The van der Waals surface area contributed by atoms with Gasteiger partial charge in [0, 0.05) is 22.2 Å². The Labute approximate surface area is 169 Å². The summed E-state index contributed by atoms with van der Waals surface area (Å²) < 4.78 is 29.9. The number of hydrogen-bond acceptors (Lipinski definition) is 6. The summed E-state index contributed by atoms with van der Waals surface area (Å²) in [5.41, 5.74) is 1.51. The molecule has 0 amide bonds. The van der Waals surface area contributed by atoms with Crippen molar-refractivity contribution in [1.82, 2.24) is 0 Å². The summed E-state index contributed by atoms with van der Waals surface area (Å²) in [4.78, 5) is 25.5. The number of anilines is 1. The van der Waals surface area contributed by atoms with Gasteiger partial charge >= 0.3 is 5.97 Å². The molecule has 0 fully saturated rings. The molecule has 6 nitrogen and oxygen atoms in total. The van der Waals surface area contributed by atoms with Crippen molar-refractivity contribution in [2.45, 2.75) is 17.9 Å². The molecule has 2 rings (SSSR count). The predicted octanol–water partition coefficient (Wildman–Crippen LogP) is 3.61. The van der Waals surface area contributed by atoms with Crippen LogP contribution in [0.2, 0.25) is 0 Å². The number of rotatable bonds is 8. The highest BCUT2D eigenvalue weighted by Gasteiger charge is 2.18. The fourth-order valence-corrected chi connectivity index (χ4v) is 3.27. The number of nitrogens with one attached hydrogen (secondary N) is 1. The first-order valence-corrected chi connectivity index (χ1v) is 11.4. The fourth-order valence-electron chi connectivity index (χ4n) is 2.30. The molecule has 28 heavy (non-hydrogen) atoms. The summed E-state index contributed by atoms with van der Waals surface area (Å²) >= 11 is 1.63. The molecule has 0 aromatic heterocycles. The molecule has 1 N–H and O–H groups in total. The monoisotopic (exact) mass is 419 g/mol. The number of esters is 1. The molecule has 0 heterocycles. The van der Waals surface area contributed by atoms with E-state index in [4.69, 9.17) is 4.74 Å². The Hall–Kier alpha value is -2.58. The van der Waals surface area contributed by atoms with Gasteiger partial charge in [0.2, 0.25) is 15.8 Å². The molecule has 0 radical (unpaired) electrons. The van der Waals surface area contributed by atoms with Crippen LogP contribution in [0, 0.1) is 0 Å². The van der Waals surface area contributed by atoms with Crippen LogP contribution < -0.4 is 4.72 Å². The maximum absolute atomic E-state index is 12.4. The van der Waals surface area contributed by atoms with Gasteiger partial charge in [0.1, 0.15) is 0 Å². The predicted molar refractivity (Wildman–Crippen MR) is 112 cm³/mol. The second-order valence-electron chi connectivity index (χ2n) is 6.00. The van der Waals surface area contributed by atoms with Crippen LogP contribution in [0.15, 0.2) is 59.5 Å². The molecular weight excluding hydrogens is 398 g/mol. The first-order valence-electron chi connectivity index (χ1n) is 8.33. The zero-order valence-corrected chi connectivity index (χ0v) is 17.3. The quantitative estimate of drug-likeness (QED) is 0.304. The Morgan fingerprint density at radius 1 is 1.07 bits per heavy atom. The van der Waals surface area contributed by atoms with E-state index < -0.39 is 22.1 Å². The van der Waals surface area contributed by atoms with Crippen LogP contribution in [0.4, 0.5) is 5.69 Å². The highest BCUT2D eigenvalue weighted by molar-refractivity contribution is 7.98. The summed E-state index contributed by atoms with van der Waals surface area (Å²) in [6, 6.07) is 13.6. The van der Waals surface area contributed by atoms with Gasteiger partial charge in [-0.15, -0.1) is 11.8 Å². The lowest BCUT2D eigenvalue weighted by Crippen LogP contribution is -2.23. The van der Waals surface area contributed by atoms with Gasteiger partial charge in [-0.3, -0.25) is 9.52 Å². The van der Waals surface area contributed by atoms with E-state index in [-0.39, 0.29) is 5.78 Å². The van der Waals surface area contributed by atoms with Gasteiger partial charge in [0.25, 0.3) is 0 Å². The number of hydrogen-bond donors (Lipinski definition) is 1. The zero-order valence-electron chi connectivity index (χ0n) is 15.7. The van der Waals surface area contributed by atoms with Crippen LogP contribution >= 0.6 is 11.8 Å². The molecule has 0 aliphatic heterocycles. The van der Waals surface area contributed by atoms with Gasteiger partial charge in [-0.05, 0) is 61.2 Å². The SMILES string of the molecule is CSc1ccc(/C=C/C(=O)O[C@H](C)C(=O)c2ccc(NS(C)(=O)=O)cc2)cc1. The van der Waals surface area contributed by atoms with Crippen LogP contribution in [0.5, 0.6) is 0 Å². The number of carbonyl (C=O) groups excluding carboxylic acids is 2. The lowest BCUT2D eigenvalue weighted by Gasteiger charge is -2.11. The molecule has 0 spiro atoms. The van der Waals surface area contributed by atoms with Gasteiger partial charge in [-0.2, -0.15) is 0 Å².